The third-order valence-electron chi connectivity index (χ3n) is 4.11. The van der Waals surface area contributed by atoms with Crippen LogP contribution in [-0.2, 0) is 9.59 Å². The molecule has 6 nitrogen and oxygen atoms in total. The normalized spacial score (nSPS) is 16.7. The first-order valence-corrected chi connectivity index (χ1v) is 9.21. The van der Waals surface area contributed by atoms with Crippen LogP contribution in [0.3, 0.4) is 0 Å². The van der Waals surface area contributed by atoms with Gasteiger partial charge in [-0.1, -0.05) is 22.0 Å². The Balaban J connectivity index is 1.79. The van der Waals surface area contributed by atoms with Gasteiger partial charge in [-0.25, -0.2) is 0 Å². The van der Waals surface area contributed by atoms with Gasteiger partial charge in [0.05, 0.1) is 17.1 Å². The highest BCUT2D eigenvalue weighted by Crippen LogP contribution is 2.28. The molecular weight excluding hydrogens is 408 g/mol. The number of aliphatic imine (C=N–C) groups is 1. The highest BCUT2D eigenvalue weighted by atomic mass is 79.9. The molecule has 0 fully saturated rings. The van der Waals surface area contributed by atoms with Crippen LogP contribution in [0.15, 0.2) is 57.0 Å². The van der Waals surface area contributed by atoms with Crippen LogP contribution in [0.1, 0.15) is 19.4 Å². The summed E-state index contributed by atoms with van der Waals surface area (Å²) in [6.07, 6.45) is 1.60. The first-order valence-electron chi connectivity index (χ1n) is 8.42. The van der Waals surface area contributed by atoms with Gasteiger partial charge in [-0.2, -0.15) is 10.1 Å². The molecule has 2 aromatic carbocycles. The zero-order valence-corrected chi connectivity index (χ0v) is 16.8. The SMILES string of the molecule is CC(=O)Nc1cccc(N=CC2C(=O)N(c3ccc(Br)c(C)c3)N=C2C)c1. The van der Waals surface area contributed by atoms with Crippen LogP contribution in [0.2, 0.25) is 0 Å². The Morgan fingerprint density at radius 3 is 2.74 bits per heavy atom. The summed E-state index contributed by atoms with van der Waals surface area (Å²) in [4.78, 5) is 28.4. The molecule has 0 radical (unpaired) electrons. The Bertz CT molecular complexity index is 968. The van der Waals surface area contributed by atoms with Gasteiger partial charge in [0.2, 0.25) is 5.91 Å². The van der Waals surface area contributed by atoms with Gasteiger partial charge >= 0.3 is 0 Å². The summed E-state index contributed by atoms with van der Waals surface area (Å²) in [5, 5.41) is 8.53. The van der Waals surface area contributed by atoms with E-state index in [4.69, 9.17) is 0 Å². The van der Waals surface area contributed by atoms with Crippen molar-refractivity contribution in [2.45, 2.75) is 20.8 Å². The van der Waals surface area contributed by atoms with E-state index in [1.807, 2.05) is 38.1 Å². The molecular formula is C20H19BrN4O2. The third-order valence-corrected chi connectivity index (χ3v) is 5.00. The van der Waals surface area contributed by atoms with Gasteiger partial charge in [-0.15, -0.1) is 0 Å². The number of carbonyl (C=O) groups excluding carboxylic acids is 2. The molecule has 0 saturated heterocycles. The fourth-order valence-electron chi connectivity index (χ4n) is 2.72. The molecule has 1 heterocycles. The first kappa shape index (κ1) is 19.0. The summed E-state index contributed by atoms with van der Waals surface area (Å²) in [5.41, 5.74) is 3.75. The fourth-order valence-corrected chi connectivity index (χ4v) is 2.97. The van der Waals surface area contributed by atoms with Crippen molar-refractivity contribution in [1.82, 2.24) is 0 Å². The van der Waals surface area contributed by atoms with Crippen LogP contribution < -0.4 is 10.3 Å². The van der Waals surface area contributed by atoms with Gasteiger partial charge in [-0.3, -0.25) is 14.6 Å². The molecule has 1 aliphatic heterocycles. The zero-order valence-electron chi connectivity index (χ0n) is 15.2. The van der Waals surface area contributed by atoms with E-state index in [0.29, 0.717) is 17.1 Å². The average Bonchev–Trinajstić information content (AvgIpc) is 2.89. The van der Waals surface area contributed by atoms with Crippen LogP contribution in [0.25, 0.3) is 0 Å². The van der Waals surface area contributed by atoms with Crippen molar-refractivity contribution in [2.75, 3.05) is 10.3 Å². The molecule has 3 rings (SSSR count). The maximum Gasteiger partial charge on any atom is 0.261 e. The molecule has 0 spiro atoms. The number of anilines is 2. The highest BCUT2D eigenvalue weighted by Gasteiger charge is 2.33. The molecule has 1 atom stereocenters. The minimum absolute atomic E-state index is 0.143. The van der Waals surface area contributed by atoms with Crippen molar-refractivity contribution in [3.8, 4) is 0 Å². The van der Waals surface area contributed by atoms with Gasteiger partial charge in [0.25, 0.3) is 5.91 Å². The largest absolute Gasteiger partial charge is 0.326 e. The summed E-state index contributed by atoms with van der Waals surface area (Å²) >= 11 is 3.46. The Morgan fingerprint density at radius 2 is 2.04 bits per heavy atom. The fraction of sp³-hybridized carbons (Fsp3) is 0.200. The second-order valence-corrected chi connectivity index (χ2v) is 7.17. The van der Waals surface area contributed by atoms with Crippen molar-refractivity contribution < 1.29 is 9.59 Å². The summed E-state index contributed by atoms with van der Waals surface area (Å²) in [5.74, 6) is -0.806. The summed E-state index contributed by atoms with van der Waals surface area (Å²) in [6, 6.07) is 12.8. The molecule has 0 saturated carbocycles. The van der Waals surface area contributed by atoms with E-state index < -0.39 is 5.92 Å². The summed E-state index contributed by atoms with van der Waals surface area (Å²) in [6.45, 7) is 5.23. The number of aryl methyl sites for hydroxylation is 1. The van der Waals surface area contributed by atoms with E-state index in [9.17, 15) is 9.59 Å². The molecule has 2 amide bonds. The Labute approximate surface area is 166 Å². The second-order valence-electron chi connectivity index (χ2n) is 6.31. The molecule has 138 valence electrons. The van der Waals surface area contributed by atoms with Crippen LogP contribution in [0.5, 0.6) is 0 Å². The third kappa shape index (κ3) is 4.31. The number of nitrogens with one attached hydrogen (secondary N) is 1. The van der Waals surface area contributed by atoms with Crippen LogP contribution in [-0.4, -0.2) is 23.7 Å². The van der Waals surface area contributed by atoms with Crippen molar-refractivity contribution in [3.05, 3.63) is 52.5 Å². The number of rotatable bonds is 4. The lowest BCUT2D eigenvalue weighted by molar-refractivity contribution is -0.118. The monoisotopic (exact) mass is 426 g/mol. The van der Waals surface area contributed by atoms with Gasteiger partial charge in [0, 0.05) is 23.3 Å². The Hall–Kier alpha value is -2.80. The topological polar surface area (TPSA) is 74.1 Å². The standard InChI is InChI=1S/C20H19BrN4O2/c1-12-9-17(7-8-19(12)21)25-20(27)18(13(2)24-25)11-22-15-5-4-6-16(10-15)23-14(3)26/h4-11,18H,1-3H3,(H,23,26). The highest BCUT2D eigenvalue weighted by molar-refractivity contribution is 9.10. The van der Waals surface area contributed by atoms with Crippen LogP contribution in [0, 0.1) is 12.8 Å². The number of benzene rings is 2. The van der Waals surface area contributed by atoms with Crippen molar-refractivity contribution in [3.63, 3.8) is 0 Å². The van der Waals surface area contributed by atoms with E-state index in [2.05, 4.69) is 31.3 Å². The maximum absolute atomic E-state index is 12.8. The van der Waals surface area contributed by atoms with E-state index in [1.165, 1.54) is 11.9 Å². The maximum atomic E-state index is 12.8. The molecule has 1 N–H and O–H groups in total. The van der Waals surface area contributed by atoms with Gasteiger partial charge in [0.15, 0.2) is 0 Å². The van der Waals surface area contributed by atoms with Gasteiger partial charge in [-0.05, 0) is 55.8 Å². The number of nitrogens with zero attached hydrogens (tertiary/aromatic N) is 3. The second kappa shape index (κ2) is 7.84. The molecule has 0 aliphatic carbocycles. The predicted molar refractivity (Wildman–Crippen MR) is 112 cm³/mol. The van der Waals surface area contributed by atoms with E-state index in [1.54, 1.807) is 24.4 Å². The van der Waals surface area contributed by atoms with Gasteiger partial charge in [0.1, 0.15) is 5.92 Å². The summed E-state index contributed by atoms with van der Waals surface area (Å²) in [7, 11) is 0. The average molecular weight is 427 g/mol. The van der Waals surface area contributed by atoms with Crippen LogP contribution >= 0.6 is 15.9 Å². The molecule has 0 aromatic heterocycles. The smallest absolute Gasteiger partial charge is 0.261 e. The lowest BCUT2D eigenvalue weighted by atomic mass is 10.1. The molecule has 1 unspecified atom stereocenters. The number of hydrogen-bond acceptors (Lipinski definition) is 4. The van der Waals surface area contributed by atoms with Crippen molar-refractivity contribution in [2.24, 2.45) is 16.0 Å². The quantitative estimate of drug-likeness (QED) is 0.732. The zero-order chi connectivity index (χ0) is 19.6. The molecule has 27 heavy (non-hydrogen) atoms. The van der Waals surface area contributed by atoms with Crippen molar-refractivity contribution in [1.29, 1.82) is 0 Å². The Kier molecular flexibility index (Phi) is 5.51. The molecule has 7 heteroatoms. The minimum atomic E-state index is -0.515. The number of carbonyl (C=O) groups is 2. The number of amides is 2. The molecule has 2 aromatic rings. The van der Waals surface area contributed by atoms with E-state index in [-0.39, 0.29) is 11.8 Å². The van der Waals surface area contributed by atoms with E-state index in [0.717, 1.165) is 15.7 Å². The molecule has 0 bridgehead atoms. The predicted octanol–water partition coefficient (Wildman–Crippen LogP) is 4.46. The van der Waals surface area contributed by atoms with Crippen LogP contribution in [0.4, 0.5) is 17.1 Å². The number of halogens is 1. The van der Waals surface area contributed by atoms with Gasteiger partial charge < -0.3 is 5.32 Å². The Morgan fingerprint density at radius 1 is 1.26 bits per heavy atom. The lowest BCUT2D eigenvalue weighted by Crippen LogP contribution is -2.27. The molecule has 1 aliphatic rings. The van der Waals surface area contributed by atoms with Crippen molar-refractivity contribution >= 4 is 56.7 Å². The lowest BCUT2D eigenvalue weighted by Gasteiger charge is -2.14. The number of hydrogen-bond donors (Lipinski definition) is 1. The summed E-state index contributed by atoms with van der Waals surface area (Å²) < 4.78 is 0.982. The first-order chi connectivity index (χ1) is 12.8. The number of hydrazone groups is 1. The van der Waals surface area contributed by atoms with E-state index >= 15 is 0 Å². The minimum Gasteiger partial charge on any atom is -0.326 e.